The van der Waals surface area contributed by atoms with Crippen LogP contribution in [-0.4, -0.2) is 6.54 Å². The number of nitrogens with two attached hydrogens (primary N) is 1. The molecule has 0 bridgehead atoms. The van der Waals surface area contributed by atoms with E-state index in [0.717, 1.165) is 0 Å². The summed E-state index contributed by atoms with van der Waals surface area (Å²) in [7, 11) is 0. The first-order valence-electron chi connectivity index (χ1n) is 5.70. The van der Waals surface area contributed by atoms with Crippen molar-refractivity contribution in [3.8, 4) is 0 Å². The molecule has 0 spiro atoms. The second-order valence-corrected chi connectivity index (χ2v) is 3.90. The van der Waals surface area contributed by atoms with Crippen LogP contribution in [-0.2, 0) is 0 Å². The van der Waals surface area contributed by atoms with Crippen LogP contribution in [0.1, 0.15) is 6.92 Å². The molecule has 4 heteroatoms. The molecule has 0 atom stereocenters. The van der Waals surface area contributed by atoms with Gasteiger partial charge in [-0.05, 0) is 37.3 Å². The number of para-hydroxylation sites is 1. The Morgan fingerprint density at radius 2 is 1.78 bits per heavy atom. The van der Waals surface area contributed by atoms with Crippen LogP contribution in [0.4, 0.5) is 25.8 Å². The normalized spacial score (nSPS) is 10.4. The standard InChI is InChI=1S/C14H14F2N2/c1-2-18(13-6-4-3-5-11(13)16)14-9-10(15)7-8-12(14)17/h3-9H,2,17H2,1H3. The zero-order chi connectivity index (χ0) is 13.1. The maximum atomic E-state index is 13.8. The van der Waals surface area contributed by atoms with Crippen molar-refractivity contribution in [3.05, 3.63) is 54.1 Å². The molecule has 0 unspecified atom stereocenters. The third kappa shape index (κ3) is 2.27. The molecule has 2 nitrogen and oxygen atoms in total. The summed E-state index contributed by atoms with van der Waals surface area (Å²) in [5.41, 5.74) is 7.10. The lowest BCUT2D eigenvalue weighted by Gasteiger charge is -2.25. The van der Waals surface area contributed by atoms with Crippen molar-refractivity contribution in [2.24, 2.45) is 0 Å². The van der Waals surface area contributed by atoms with Gasteiger partial charge in [-0.1, -0.05) is 12.1 Å². The largest absolute Gasteiger partial charge is 0.397 e. The molecule has 0 fully saturated rings. The molecule has 0 radical (unpaired) electrons. The van der Waals surface area contributed by atoms with E-state index in [2.05, 4.69) is 0 Å². The number of anilines is 3. The third-order valence-electron chi connectivity index (χ3n) is 2.74. The molecule has 94 valence electrons. The molecule has 0 saturated heterocycles. The highest BCUT2D eigenvalue weighted by Crippen LogP contribution is 2.32. The Kier molecular flexibility index (Phi) is 3.46. The van der Waals surface area contributed by atoms with E-state index in [0.29, 0.717) is 23.6 Å². The van der Waals surface area contributed by atoms with Gasteiger partial charge in [0.2, 0.25) is 0 Å². The highest BCUT2D eigenvalue weighted by molar-refractivity contribution is 5.75. The fourth-order valence-electron chi connectivity index (χ4n) is 1.89. The number of hydrogen-bond donors (Lipinski definition) is 1. The number of hydrogen-bond acceptors (Lipinski definition) is 2. The van der Waals surface area contributed by atoms with Crippen LogP contribution < -0.4 is 10.6 Å². The Hall–Kier alpha value is -2.10. The molecule has 0 aliphatic carbocycles. The second kappa shape index (κ2) is 5.04. The lowest BCUT2D eigenvalue weighted by molar-refractivity contribution is 0.622. The van der Waals surface area contributed by atoms with Gasteiger partial charge in [0.15, 0.2) is 0 Å². The van der Waals surface area contributed by atoms with E-state index in [1.807, 2.05) is 6.92 Å². The predicted molar refractivity (Wildman–Crippen MR) is 69.9 cm³/mol. The summed E-state index contributed by atoms with van der Waals surface area (Å²) >= 11 is 0. The molecule has 18 heavy (non-hydrogen) atoms. The van der Waals surface area contributed by atoms with Crippen molar-refractivity contribution in [3.63, 3.8) is 0 Å². The van der Waals surface area contributed by atoms with Gasteiger partial charge in [-0.2, -0.15) is 0 Å². The van der Waals surface area contributed by atoms with Gasteiger partial charge in [0, 0.05) is 6.54 Å². The highest BCUT2D eigenvalue weighted by atomic mass is 19.1. The van der Waals surface area contributed by atoms with Crippen molar-refractivity contribution < 1.29 is 8.78 Å². The summed E-state index contributed by atoms with van der Waals surface area (Å²) < 4.78 is 27.1. The SMILES string of the molecule is CCN(c1cc(F)ccc1N)c1ccccc1F. The van der Waals surface area contributed by atoms with E-state index < -0.39 is 5.82 Å². The minimum absolute atomic E-state index is 0.358. The minimum atomic E-state index is -0.394. The van der Waals surface area contributed by atoms with Crippen molar-refractivity contribution in [2.75, 3.05) is 17.2 Å². The molecule has 0 amide bonds. The first-order chi connectivity index (χ1) is 8.63. The van der Waals surface area contributed by atoms with E-state index in [-0.39, 0.29) is 5.82 Å². The molecule has 0 aromatic heterocycles. The zero-order valence-electron chi connectivity index (χ0n) is 10.0. The summed E-state index contributed by atoms with van der Waals surface area (Å²) in [5, 5.41) is 0. The van der Waals surface area contributed by atoms with Crippen LogP contribution >= 0.6 is 0 Å². The number of benzene rings is 2. The van der Waals surface area contributed by atoms with Crippen LogP contribution in [0.25, 0.3) is 0 Å². The Labute approximate surface area is 105 Å². The van der Waals surface area contributed by atoms with Gasteiger partial charge in [-0.15, -0.1) is 0 Å². The summed E-state index contributed by atoms with van der Waals surface area (Å²) in [5.74, 6) is -0.753. The van der Waals surface area contributed by atoms with Crippen molar-refractivity contribution in [2.45, 2.75) is 6.92 Å². The monoisotopic (exact) mass is 248 g/mol. The summed E-state index contributed by atoms with van der Waals surface area (Å²) in [6.45, 7) is 2.35. The average molecular weight is 248 g/mol. The first kappa shape index (κ1) is 12.4. The topological polar surface area (TPSA) is 29.3 Å². The molecular formula is C14H14F2N2. The van der Waals surface area contributed by atoms with Gasteiger partial charge in [-0.25, -0.2) is 8.78 Å². The van der Waals surface area contributed by atoms with Crippen LogP contribution in [0.2, 0.25) is 0 Å². The van der Waals surface area contributed by atoms with Gasteiger partial charge in [0.25, 0.3) is 0 Å². The van der Waals surface area contributed by atoms with Crippen LogP contribution in [0, 0.1) is 11.6 Å². The number of rotatable bonds is 3. The van der Waals surface area contributed by atoms with E-state index >= 15 is 0 Å². The summed E-state index contributed by atoms with van der Waals surface area (Å²) in [6, 6.07) is 10.4. The van der Waals surface area contributed by atoms with E-state index in [1.165, 1.54) is 24.3 Å². The number of nitrogens with zero attached hydrogens (tertiary/aromatic N) is 1. The Balaban J connectivity index is 2.52. The van der Waals surface area contributed by atoms with Crippen molar-refractivity contribution in [1.82, 2.24) is 0 Å². The Bertz CT molecular complexity index is 555. The Morgan fingerprint density at radius 1 is 1.06 bits per heavy atom. The lowest BCUT2D eigenvalue weighted by atomic mass is 10.2. The first-order valence-corrected chi connectivity index (χ1v) is 5.70. The molecule has 2 aromatic carbocycles. The Morgan fingerprint density at radius 3 is 2.44 bits per heavy atom. The van der Waals surface area contributed by atoms with Gasteiger partial charge in [-0.3, -0.25) is 0 Å². The van der Waals surface area contributed by atoms with Crippen LogP contribution in [0.3, 0.4) is 0 Å². The van der Waals surface area contributed by atoms with Crippen LogP contribution in [0.15, 0.2) is 42.5 Å². The molecule has 2 N–H and O–H groups in total. The minimum Gasteiger partial charge on any atom is -0.397 e. The van der Waals surface area contributed by atoms with E-state index in [9.17, 15) is 8.78 Å². The predicted octanol–water partition coefficient (Wildman–Crippen LogP) is 3.71. The molecule has 0 saturated carbocycles. The second-order valence-electron chi connectivity index (χ2n) is 3.90. The van der Waals surface area contributed by atoms with Crippen molar-refractivity contribution in [1.29, 1.82) is 0 Å². The zero-order valence-corrected chi connectivity index (χ0v) is 10.0. The fraction of sp³-hybridized carbons (Fsp3) is 0.143. The maximum absolute atomic E-state index is 13.8. The number of halogens is 2. The number of nitrogen functional groups attached to an aromatic ring is 1. The molecule has 2 aromatic rings. The molecule has 0 aliphatic rings. The van der Waals surface area contributed by atoms with E-state index in [1.54, 1.807) is 23.1 Å². The fourth-order valence-corrected chi connectivity index (χ4v) is 1.89. The summed E-state index contributed by atoms with van der Waals surface area (Å²) in [4.78, 5) is 1.65. The van der Waals surface area contributed by atoms with Gasteiger partial charge < -0.3 is 10.6 Å². The van der Waals surface area contributed by atoms with E-state index in [4.69, 9.17) is 5.73 Å². The third-order valence-corrected chi connectivity index (χ3v) is 2.74. The molecular weight excluding hydrogens is 234 g/mol. The van der Waals surface area contributed by atoms with Gasteiger partial charge in [0.1, 0.15) is 11.6 Å². The maximum Gasteiger partial charge on any atom is 0.146 e. The molecule has 0 aliphatic heterocycles. The van der Waals surface area contributed by atoms with Crippen LogP contribution in [0.5, 0.6) is 0 Å². The quantitative estimate of drug-likeness (QED) is 0.839. The summed E-state index contributed by atoms with van der Waals surface area (Å²) in [6.07, 6.45) is 0. The lowest BCUT2D eigenvalue weighted by Crippen LogP contribution is -2.18. The van der Waals surface area contributed by atoms with Gasteiger partial charge in [0.05, 0.1) is 17.1 Å². The molecule has 0 heterocycles. The average Bonchev–Trinajstić information content (AvgIpc) is 2.36. The van der Waals surface area contributed by atoms with Gasteiger partial charge >= 0.3 is 0 Å². The highest BCUT2D eigenvalue weighted by Gasteiger charge is 2.14. The molecule has 2 rings (SSSR count). The smallest absolute Gasteiger partial charge is 0.146 e. The van der Waals surface area contributed by atoms with Crippen molar-refractivity contribution >= 4 is 17.1 Å².